The Morgan fingerprint density at radius 1 is 1.03 bits per heavy atom. The van der Waals surface area contributed by atoms with Crippen LogP contribution in [-0.4, -0.2) is 106 Å². The number of esters is 1. The monoisotopic (exact) mass is 970 g/mol. The quantitative estimate of drug-likeness (QED) is 0.0762. The lowest BCUT2D eigenvalue weighted by atomic mass is 9.83. The fourth-order valence-electron chi connectivity index (χ4n) is 10.7. The van der Waals surface area contributed by atoms with E-state index in [0.29, 0.717) is 49.5 Å². The Hall–Kier alpha value is -5.49. The lowest BCUT2D eigenvalue weighted by molar-refractivity contribution is -0.157. The molecule has 7 atom stereocenters. The highest BCUT2D eigenvalue weighted by molar-refractivity contribution is 6.19. The second-order valence-electron chi connectivity index (χ2n) is 21.0. The number of carbonyl (C=O) groups excluding carboxylic acids is 3. The Kier molecular flexibility index (Phi) is 16.1. The standard InChI is InChI=1S/C53H75N7O10/c1-29(2)26-59-21-19-53(20-22-59)57-43-40-41-47(63)34(7)49-42(40)50(65)52(8,70-49)68-23-18-36(67-9)25-38(69-39(61)28-60(55)27-37(54)35-16-11-10-12-17-35)33(6)46(62)32(5)24-30(3)14-13-15-31(4)51(66)56-45(48(41)64)44(43)58-53/h13-15,18,23,27,29-30,32-33,35-36,38,46,62-64H,10-12,16-17,19-22,24-26,28,54-55H2,1-9H3,(H,56,66)/b14-13+,23-18+,31-15-,37-27-/t30?,32-,33+,36+,38?,46-,52?/m1/s1. The fraction of sp³-hybridized carbons (Fsp3) is 0.604. The van der Waals surface area contributed by atoms with E-state index in [0.717, 1.165) is 32.2 Å². The van der Waals surface area contributed by atoms with E-state index in [1.807, 2.05) is 26.8 Å². The number of fused-ring (bicyclic) bond motifs is 13. The van der Waals surface area contributed by atoms with Crippen LogP contribution in [0.15, 0.2) is 58.0 Å². The number of nitrogens with zero attached hydrogens (tertiary/aromatic N) is 4. The van der Waals surface area contributed by atoms with Gasteiger partial charge in [-0.05, 0) is 62.9 Å². The van der Waals surface area contributed by atoms with E-state index in [2.05, 4.69) is 24.1 Å². The number of piperidine rings is 1. The number of Topliss-reactive ketones (excluding diaryl/α,β-unsaturated/α-hetero) is 1. The van der Waals surface area contributed by atoms with Crippen LogP contribution >= 0.6 is 0 Å². The molecule has 1 aliphatic carbocycles. The number of methoxy groups -OCH3 is 1. The molecule has 5 bridgehead atoms. The number of amides is 1. The molecule has 17 nitrogen and oxygen atoms in total. The summed E-state index contributed by atoms with van der Waals surface area (Å²) in [5, 5.41) is 40.6. The lowest BCUT2D eigenvalue weighted by Crippen LogP contribution is -2.43. The SMILES string of the molecule is CO[C@H]1/C=C/OC2(C)Oc3c(C)c(O)c4c(O)c(c5c(c4c3C2=O)=NC2(CCN(CC(C)C)CC2)N=5)NC(=O)/C(C)=C\C=C\C(C)C[C@@H](C)[C@@H](O)[C@@H](C)C(OC(=O)CN(N)/C=C(\N)C2CCCCC2)C1. The van der Waals surface area contributed by atoms with Crippen molar-refractivity contribution in [2.75, 3.05) is 38.6 Å². The van der Waals surface area contributed by atoms with Crippen molar-refractivity contribution in [3.63, 3.8) is 0 Å². The molecule has 3 unspecified atom stereocenters. The first-order chi connectivity index (χ1) is 33.2. The first kappa shape index (κ1) is 52.3. The maximum atomic E-state index is 14.9. The summed E-state index contributed by atoms with van der Waals surface area (Å²) in [5.74, 6) is 1.58. The molecule has 1 amide bonds. The third-order valence-corrected chi connectivity index (χ3v) is 14.9. The number of anilines is 1. The van der Waals surface area contributed by atoms with Gasteiger partial charge >= 0.3 is 11.8 Å². The zero-order valence-corrected chi connectivity index (χ0v) is 42.4. The molecule has 382 valence electrons. The molecule has 17 heteroatoms. The summed E-state index contributed by atoms with van der Waals surface area (Å²) in [5.41, 5.74) is 6.58. The largest absolute Gasteiger partial charge is 0.507 e. The van der Waals surface area contributed by atoms with Crippen molar-refractivity contribution >= 4 is 34.1 Å². The Labute approximate surface area is 411 Å². The zero-order chi connectivity index (χ0) is 50.8. The number of nitrogens with one attached hydrogen (secondary N) is 1. The van der Waals surface area contributed by atoms with Crippen LogP contribution in [0.4, 0.5) is 5.69 Å². The number of phenolic OH excluding ortho intramolecular Hbond substituents is 2. The summed E-state index contributed by atoms with van der Waals surface area (Å²) >= 11 is 0. The van der Waals surface area contributed by atoms with Gasteiger partial charge in [0.05, 0.1) is 34.8 Å². The van der Waals surface area contributed by atoms with Crippen molar-refractivity contribution in [2.24, 2.45) is 51.2 Å². The van der Waals surface area contributed by atoms with Gasteiger partial charge in [-0.1, -0.05) is 72.1 Å². The number of hydrogen-bond donors (Lipinski definition) is 6. The molecule has 0 aromatic heterocycles. The molecular formula is C53H75N7O10. The number of benzene rings is 2. The molecule has 5 heterocycles. The molecule has 1 saturated heterocycles. The van der Waals surface area contributed by atoms with Crippen molar-refractivity contribution in [2.45, 2.75) is 143 Å². The van der Waals surface area contributed by atoms with Gasteiger partial charge in [-0.3, -0.25) is 24.4 Å². The molecule has 1 saturated carbocycles. The van der Waals surface area contributed by atoms with Gasteiger partial charge < -0.3 is 55.2 Å². The second kappa shape index (κ2) is 21.5. The number of likely N-dealkylation sites (tertiary alicyclic amines) is 1. The summed E-state index contributed by atoms with van der Waals surface area (Å²) in [6.07, 6.45) is 14.4. The normalized spacial score (nSPS) is 29.7. The molecule has 6 aliphatic rings. The van der Waals surface area contributed by atoms with Crippen molar-refractivity contribution in [3.8, 4) is 17.2 Å². The van der Waals surface area contributed by atoms with E-state index < -0.39 is 59.1 Å². The van der Waals surface area contributed by atoms with Crippen LogP contribution < -0.4 is 32.3 Å². The van der Waals surface area contributed by atoms with Gasteiger partial charge in [0.15, 0.2) is 11.4 Å². The van der Waals surface area contributed by atoms with E-state index >= 15 is 0 Å². The van der Waals surface area contributed by atoms with Crippen LogP contribution in [0, 0.1) is 36.5 Å². The summed E-state index contributed by atoms with van der Waals surface area (Å²) < 4.78 is 24.5. The van der Waals surface area contributed by atoms with E-state index in [4.69, 9.17) is 40.5 Å². The number of allylic oxidation sites excluding steroid dienone is 4. The highest BCUT2D eigenvalue weighted by atomic mass is 16.7. The van der Waals surface area contributed by atoms with E-state index in [1.165, 1.54) is 31.7 Å². The minimum absolute atomic E-state index is 0.0247. The number of aliphatic hydroxyl groups is 1. The number of phenols is 2. The Bertz CT molecular complexity index is 2580. The number of carbonyl (C=O) groups is 3. The third kappa shape index (κ3) is 11.0. The van der Waals surface area contributed by atoms with Gasteiger partial charge in [0, 0.05) is 87.3 Å². The van der Waals surface area contributed by atoms with Gasteiger partial charge in [-0.25, -0.2) is 5.84 Å². The molecule has 70 heavy (non-hydrogen) atoms. The van der Waals surface area contributed by atoms with E-state index in [9.17, 15) is 29.7 Å². The van der Waals surface area contributed by atoms with Gasteiger partial charge in [0.2, 0.25) is 0 Å². The molecule has 2 aromatic rings. The van der Waals surface area contributed by atoms with Crippen molar-refractivity contribution in [3.05, 3.63) is 69.9 Å². The third-order valence-electron chi connectivity index (χ3n) is 14.9. The van der Waals surface area contributed by atoms with Crippen molar-refractivity contribution in [1.82, 2.24) is 9.91 Å². The Morgan fingerprint density at radius 2 is 1.71 bits per heavy atom. The van der Waals surface area contributed by atoms with Gasteiger partial charge in [0.1, 0.15) is 35.2 Å². The molecule has 8 rings (SSSR count). The highest BCUT2D eigenvalue weighted by Crippen LogP contribution is 2.50. The molecule has 2 aromatic carbocycles. The summed E-state index contributed by atoms with van der Waals surface area (Å²) in [6, 6.07) is 0. The smallest absolute Gasteiger partial charge is 0.327 e. The van der Waals surface area contributed by atoms with Gasteiger partial charge in [-0.2, -0.15) is 0 Å². The maximum absolute atomic E-state index is 14.9. The van der Waals surface area contributed by atoms with Crippen molar-refractivity contribution in [1.29, 1.82) is 0 Å². The van der Waals surface area contributed by atoms with Crippen LogP contribution in [0.5, 0.6) is 17.2 Å². The summed E-state index contributed by atoms with van der Waals surface area (Å²) in [6.45, 7) is 16.8. The molecule has 1 spiro atoms. The van der Waals surface area contributed by atoms with Crippen LogP contribution in [0.1, 0.15) is 122 Å². The van der Waals surface area contributed by atoms with Crippen LogP contribution in [0.2, 0.25) is 0 Å². The number of ketones is 1. The van der Waals surface area contributed by atoms with E-state index in [-0.39, 0.29) is 80.5 Å². The molecule has 5 aliphatic heterocycles. The average molecular weight is 970 g/mol. The number of hydrogen-bond acceptors (Lipinski definition) is 16. The number of hydrazine groups is 1. The predicted molar refractivity (Wildman–Crippen MR) is 266 cm³/mol. The minimum Gasteiger partial charge on any atom is -0.507 e. The van der Waals surface area contributed by atoms with Gasteiger partial charge in [0.25, 0.3) is 11.7 Å². The molecular weight excluding hydrogens is 895 g/mol. The number of ether oxygens (including phenoxy) is 4. The highest BCUT2D eigenvalue weighted by Gasteiger charge is 2.50. The summed E-state index contributed by atoms with van der Waals surface area (Å²) in [4.78, 5) is 55.2. The number of aliphatic hydroxyl groups excluding tert-OH is 1. The average Bonchev–Trinajstić information content (AvgIpc) is 3.81. The number of rotatable bonds is 8. The number of nitrogens with two attached hydrogens (primary N) is 2. The van der Waals surface area contributed by atoms with Crippen molar-refractivity contribution < 1.29 is 48.7 Å². The molecule has 2 fully saturated rings. The number of aromatic hydroxyl groups is 2. The van der Waals surface area contributed by atoms with Crippen LogP contribution in [0.25, 0.3) is 10.8 Å². The van der Waals surface area contributed by atoms with Crippen LogP contribution in [-0.2, 0) is 23.8 Å². The maximum Gasteiger partial charge on any atom is 0.327 e. The van der Waals surface area contributed by atoms with Gasteiger partial charge in [-0.15, -0.1) is 0 Å². The predicted octanol–water partition coefficient (Wildman–Crippen LogP) is 6.07. The Morgan fingerprint density at radius 3 is 2.39 bits per heavy atom. The fourth-order valence-corrected chi connectivity index (χ4v) is 10.7. The minimum atomic E-state index is -1.96. The second-order valence-corrected chi connectivity index (χ2v) is 21.0. The first-order valence-electron chi connectivity index (χ1n) is 25.1. The van der Waals surface area contributed by atoms with Crippen LogP contribution in [0.3, 0.4) is 0 Å². The molecule has 0 radical (unpaired) electrons. The summed E-state index contributed by atoms with van der Waals surface area (Å²) in [7, 11) is 1.49. The lowest BCUT2D eigenvalue weighted by Gasteiger charge is -2.36. The first-order valence-corrected chi connectivity index (χ1v) is 25.1. The van der Waals surface area contributed by atoms with E-state index in [1.54, 1.807) is 38.3 Å². The topological polar surface area (TPSA) is 244 Å². The molecule has 8 N–H and O–H groups in total. The zero-order valence-electron chi connectivity index (χ0n) is 42.4. The Balaban J connectivity index is 1.27.